The van der Waals surface area contributed by atoms with E-state index in [9.17, 15) is 0 Å². The van der Waals surface area contributed by atoms with Gasteiger partial charge in [-0.1, -0.05) is 36.4 Å². The molecule has 16 heavy (non-hydrogen) atoms. The Labute approximate surface area is 105 Å². The highest BCUT2D eigenvalue weighted by atomic mass is 79.9. The highest BCUT2D eigenvalue weighted by molar-refractivity contribution is 8.93. The summed E-state index contributed by atoms with van der Waals surface area (Å²) < 4.78 is 0. The molecular formula is C12H13BrN2O. The molecule has 0 unspecified atom stereocenters. The van der Waals surface area contributed by atoms with Crippen molar-refractivity contribution in [2.45, 2.75) is 0 Å². The topological polar surface area (TPSA) is 33.3 Å². The average Bonchev–Trinajstić information content (AvgIpc) is 2.32. The van der Waals surface area contributed by atoms with Crippen molar-refractivity contribution in [2.24, 2.45) is 0 Å². The summed E-state index contributed by atoms with van der Waals surface area (Å²) in [5.74, 6) is 0. The number of halogens is 1. The number of benzene rings is 2. The summed E-state index contributed by atoms with van der Waals surface area (Å²) in [4.78, 5) is 5.11. The molecule has 0 bridgehead atoms. The summed E-state index contributed by atoms with van der Waals surface area (Å²) in [6, 6.07) is 19.4. The Bertz CT molecular complexity index is 355. The zero-order valence-corrected chi connectivity index (χ0v) is 10.3. The van der Waals surface area contributed by atoms with Gasteiger partial charge in [0.2, 0.25) is 0 Å². The summed E-state index contributed by atoms with van der Waals surface area (Å²) in [5.41, 5.74) is 7.37. The maximum Gasteiger partial charge on any atom is 0.0629 e. The molecule has 0 aliphatic carbocycles. The van der Waals surface area contributed by atoms with Crippen LogP contribution in [0.2, 0.25) is 0 Å². The summed E-state index contributed by atoms with van der Waals surface area (Å²) in [6.45, 7) is 0. The van der Waals surface area contributed by atoms with Crippen molar-refractivity contribution in [1.29, 1.82) is 0 Å². The molecule has 0 heterocycles. The Morgan fingerprint density at radius 1 is 0.625 bits per heavy atom. The minimum atomic E-state index is 0. The Hall–Kier alpha value is -1.52. The zero-order valence-electron chi connectivity index (χ0n) is 8.59. The van der Waals surface area contributed by atoms with Crippen molar-refractivity contribution in [3.63, 3.8) is 0 Å². The summed E-state index contributed by atoms with van der Waals surface area (Å²) in [7, 11) is 0. The van der Waals surface area contributed by atoms with Crippen LogP contribution in [0, 0.1) is 0 Å². The SMILES string of the molecule is Br.c1ccc(NONc2ccccc2)cc1. The lowest BCUT2D eigenvalue weighted by Crippen LogP contribution is -2.07. The van der Waals surface area contributed by atoms with Gasteiger partial charge in [-0.2, -0.15) is 4.94 Å². The van der Waals surface area contributed by atoms with Crippen molar-refractivity contribution >= 4 is 28.4 Å². The summed E-state index contributed by atoms with van der Waals surface area (Å²) in [6.07, 6.45) is 0. The van der Waals surface area contributed by atoms with Crippen LogP contribution in [0.25, 0.3) is 0 Å². The Morgan fingerprint density at radius 2 is 1.00 bits per heavy atom. The number of anilines is 2. The van der Waals surface area contributed by atoms with Gasteiger partial charge in [0.25, 0.3) is 0 Å². The number of hydrogen-bond acceptors (Lipinski definition) is 3. The third-order valence-electron chi connectivity index (χ3n) is 1.89. The number of nitrogens with one attached hydrogen (secondary N) is 2. The molecule has 0 atom stereocenters. The molecule has 0 radical (unpaired) electrons. The molecule has 0 saturated carbocycles. The van der Waals surface area contributed by atoms with Gasteiger partial charge in [-0.3, -0.25) is 0 Å². The molecule has 0 saturated heterocycles. The largest absolute Gasteiger partial charge is 0.242 e. The fourth-order valence-electron chi connectivity index (χ4n) is 1.16. The summed E-state index contributed by atoms with van der Waals surface area (Å²) >= 11 is 0. The number of para-hydroxylation sites is 2. The second-order valence-corrected chi connectivity index (χ2v) is 3.04. The molecular weight excluding hydrogens is 268 g/mol. The van der Waals surface area contributed by atoms with Gasteiger partial charge in [0.15, 0.2) is 0 Å². The third-order valence-corrected chi connectivity index (χ3v) is 1.89. The fraction of sp³-hybridized carbons (Fsp3) is 0. The lowest BCUT2D eigenvalue weighted by molar-refractivity contribution is 0.264. The van der Waals surface area contributed by atoms with E-state index in [0.717, 1.165) is 11.4 Å². The molecule has 3 nitrogen and oxygen atoms in total. The second kappa shape index (κ2) is 6.87. The van der Waals surface area contributed by atoms with Crippen LogP contribution < -0.4 is 11.0 Å². The maximum atomic E-state index is 5.11. The van der Waals surface area contributed by atoms with E-state index in [1.165, 1.54) is 0 Å². The van der Waals surface area contributed by atoms with Crippen molar-refractivity contribution in [3.8, 4) is 0 Å². The van der Waals surface area contributed by atoms with E-state index >= 15 is 0 Å². The van der Waals surface area contributed by atoms with Gasteiger partial charge in [0.1, 0.15) is 0 Å². The van der Waals surface area contributed by atoms with E-state index in [1.807, 2.05) is 60.7 Å². The molecule has 2 aromatic carbocycles. The molecule has 4 heteroatoms. The molecule has 0 spiro atoms. The highest BCUT2D eigenvalue weighted by Gasteiger charge is 1.90. The molecule has 2 aromatic rings. The van der Waals surface area contributed by atoms with Crippen LogP contribution in [0.5, 0.6) is 0 Å². The first-order valence-corrected chi connectivity index (χ1v) is 4.73. The standard InChI is InChI=1S/C12H12N2O.BrH/c1-3-7-11(8-4-1)13-15-14-12-9-5-2-6-10-12;/h1-10,13-14H;1H. The molecule has 0 aliphatic rings. The van der Waals surface area contributed by atoms with Crippen LogP contribution >= 0.6 is 17.0 Å². The molecule has 2 N–H and O–H groups in total. The van der Waals surface area contributed by atoms with Crippen LogP contribution in [0.1, 0.15) is 0 Å². The van der Waals surface area contributed by atoms with Crippen molar-refractivity contribution in [1.82, 2.24) is 0 Å². The van der Waals surface area contributed by atoms with Gasteiger partial charge in [0.05, 0.1) is 11.4 Å². The lowest BCUT2D eigenvalue weighted by atomic mass is 10.3. The van der Waals surface area contributed by atoms with E-state index < -0.39 is 0 Å². The Kier molecular flexibility index (Phi) is 5.39. The molecule has 0 aromatic heterocycles. The van der Waals surface area contributed by atoms with Gasteiger partial charge in [-0.25, -0.2) is 11.0 Å². The third kappa shape index (κ3) is 3.92. The molecule has 84 valence electrons. The first-order valence-electron chi connectivity index (χ1n) is 4.73. The molecule has 0 aliphatic heterocycles. The maximum absolute atomic E-state index is 5.11. The molecule has 0 amide bonds. The van der Waals surface area contributed by atoms with E-state index in [4.69, 9.17) is 4.94 Å². The second-order valence-electron chi connectivity index (χ2n) is 3.04. The van der Waals surface area contributed by atoms with Crippen molar-refractivity contribution in [3.05, 3.63) is 60.7 Å². The monoisotopic (exact) mass is 280 g/mol. The Balaban J connectivity index is 0.00000128. The molecule has 2 rings (SSSR count). The van der Waals surface area contributed by atoms with Crippen molar-refractivity contribution < 1.29 is 4.94 Å². The van der Waals surface area contributed by atoms with Gasteiger partial charge in [-0.05, 0) is 24.3 Å². The Morgan fingerprint density at radius 3 is 1.38 bits per heavy atom. The van der Waals surface area contributed by atoms with E-state index in [1.54, 1.807) is 0 Å². The van der Waals surface area contributed by atoms with Crippen LogP contribution in [0.15, 0.2) is 60.7 Å². The van der Waals surface area contributed by atoms with Crippen LogP contribution in [-0.2, 0) is 4.94 Å². The predicted molar refractivity (Wildman–Crippen MR) is 71.5 cm³/mol. The summed E-state index contributed by atoms with van der Waals surface area (Å²) in [5, 5.41) is 0. The van der Waals surface area contributed by atoms with E-state index in [-0.39, 0.29) is 17.0 Å². The minimum Gasteiger partial charge on any atom is -0.242 e. The van der Waals surface area contributed by atoms with E-state index in [2.05, 4.69) is 11.0 Å². The van der Waals surface area contributed by atoms with Crippen LogP contribution in [0.3, 0.4) is 0 Å². The zero-order chi connectivity index (χ0) is 10.3. The highest BCUT2D eigenvalue weighted by Crippen LogP contribution is 2.07. The smallest absolute Gasteiger partial charge is 0.0629 e. The minimum absolute atomic E-state index is 0. The normalized spacial score (nSPS) is 9.00. The van der Waals surface area contributed by atoms with Gasteiger partial charge < -0.3 is 0 Å². The average molecular weight is 281 g/mol. The predicted octanol–water partition coefficient (Wildman–Crippen LogP) is 3.64. The van der Waals surface area contributed by atoms with E-state index in [0.29, 0.717) is 0 Å². The number of hydrogen-bond donors (Lipinski definition) is 2. The first-order chi connectivity index (χ1) is 7.45. The van der Waals surface area contributed by atoms with Gasteiger partial charge in [-0.15, -0.1) is 17.0 Å². The van der Waals surface area contributed by atoms with Gasteiger partial charge >= 0.3 is 0 Å². The number of rotatable bonds is 4. The molecule has 0 fully saturated rings. The van der Waals surface area contributed by atoms with Crippen LogP contribution in [0.4, 0.5) is 11.4 Å². The lowest BCUT2D eigenvalue weighted by Gasteiger charge is -2.07. The quantitative estimate of drug-likeness (QED) is 0.839. The fourth-order valence-corrected chi connectivity index (χ4v) is 1.16. The van der Waals surface area contributed by atoms with Crippen molar-refractivity contribution in [2.75, 3.05) is 11.0 Å². The van der Waals surface area contributed by atoms with Gasteiger partial charge in [0, 0.05) is 0 Å². The van der Waals surface area contributed by atoms with Crippen LogP contribution in [-0.4, -0.2) is 0 Å². The first kappa shape index (κ1) is 12.5.